The number of carbonyl (C=O) groups is 2. The maximum atomic E-state index is 12.4. The van der Waals surface area contributed by atoms with Gasteiger partial charge in [-0.3, -0.25) is 9.59 Å². The predicted octanol–water partition coefficient (Wildman–Crippen LogP) is 0.963. The molecule has 2 amide bonds. The third-order valence-electron chi connectivity index (χ3n) is 4.05. The summed E-state index contributed by atoms with van der Waals surface area (Å²) in [7, 11) is -1.54. The first kappa shape index (κ1) is 18.3. The van der Waals surface area contributed by atoms with E-state index in [9.17, 15) is 18.0 Å². The summed E-state index contributed by atoms with van der Waals surface area (Å²) in [5.41, 5.74) is -0.781. The van der Waals surface area contributed by atoms with Gasteiger partial charge in [0.25, 0.3) is 0 Å². The highest BCUT2D eigenvalue weighted by molar-refractivity contribution is 7.91. The van der Waals surface area contributed by atoms with Crippen molar-refractivity contribution in [2.75, 3.05) is 23.9 Å². The molecule has 1 aliphatic rings. The van der Waals surface area contributed by atoms with E-state index in [1.54, 1.807) is 31.4 Å². The number of carbonyl (C=O) groups excluding carboxylic acids is 2. The van der Waals surface area contributed by atoms with E-state index >= 15 is 0 Å². The van der Waals surface area contributed by atoms with Gasteiger partial charge in [-0.1, -0.05) is 0 Å². The zero-order valence-corrected chi connectivity index (χ0v) is 14.8. The molecule has 0 spiro atoms. The molecule has 0 radical (unpaired) electrons. The molecule has 1 aromatic carbocycles. The average molecular weight is 354 g/mol. The minimum atomic E-state index is -3.09. The molecule has 132 valence electrons. The summed E-state index contributed by atoms with van der Waals surface area (Å²) < 4.78 is 28.0. The number of rotatable bonds is 5. The molecular weight excluding hydrogens is 332 g/mol. The number of benzene rings is 1. The highest BCUT2D eigenvalue weighted by Crippen LogP contribution is 2.22. The van der Waals surface area contributed by atoms with Crippen LogP contribution in [0.2, 0.25) is 0 Å². The minimum Gasteiger partial charge on any atom is -0.497 e. The third kappa shape index (κ3) is 4.25. The first-order valence-corrected chi connectivity index (χ1v) is 9.43. The van der Waals surface area contributed by atoms with Crippen LogP contribution in [0.1, 0.15) is 20.3 Å². The topological polar surface area (TPSA) is 102 Å². The first-order chi connectivity index (χ1) is 11.1. The summed E-state index contributed by atoms with van der Waals surface area (Å²) >= 11 is 0. The van der Waals surface area contributed by atoms with Gasteiger partial charge in [-0.2, -0.15) is 0 Å². The minimum absolute atomic E-state index is 0.0659. The van der Waals surface area contributed by atoms with Crippen molar-refractivity contribution in [3.8, 4) is 5.75 Å². The van der Waals surface area contributed by atoms with Crippen LogP contribution in [0, 0.1) is 5.41 Å². The Morgan fingerprint density at radius 3 is 2.29 bits per heavy atom. The second kappa shape index (κ2) is 6.80. The molecule has 0 bridgehead atoms. The van der Waals surface area contributed by atoms with Crippen molar-refractivity contribution in [3.63, 3.8) is 0 Å². The number of anilines is 1. The van der Waals surface area contributed by atoms with Gasteiger partial charge in [0.15, 0.2) is 9.84 Å². The molecule has 1 aliphatic heterocycles. The number of amides is 2. The van der Waals surface area contributed by atoms with Crippen molar-refractivity contribution in [1.29, 1.82) is 0 Å². The van der Waals surface area contributed by atoms with E-state index in [1.165, 1.54) is 13.8 Å². The van der Waals surface area contributed by atoms with E-state index in [-0.39, 0.29) is 11.5 Å². The molecule has 0 aliphatic carbocycles. The Kier molecular flexibility index (Phi) is 5.17. The maximum absolute atomic E-state index is 12.4. The molecule has 7 nitrogen and oxygen atoms in total. The zero-order chi connectivity index (χ0) is 18.0. The molecule has 1 fully saturated rings. The SMILES string of the molecule is COc1ccc(NC(=O)C(C)(C)C(=O)NC2CCS(=O)(=O)C2)cc1. The molecule has 24 heavy (non-hydrogen) atoms. The Labute approximate surface area is 141 Å². The lowest BCUT2D eigenvalue weighted by Crippen LogP contribution is -2.48. The Morgan fingerprint density at radius 1 is 1.17 bits per heavy atom. The van der Waals surface area contributed by atoms with Crippen LogP contribution in [-0.4, -0.2) is 44.9 Å². The normalized spacial score (nSPS) is 19.5. The molecule has 1 atom stereocenters. The van der Waals surface area contributed by atoms with Crippen molar-refractivity contribution < 1.29 is 22.7 Å². The lowest BCUT2D eigenvalue weighted by Gasteiger charge is -2.24. The highest BCUT2D eigenvalue weighted by Gasteiger charge is 2.39. The van der Waals surface area contributed by atoms with Crippen LogP contribution < -0.4 is 15.4 Å². The molecule has 0 saturated carbocycles. The number of hydrogen-bond acceptors (Lipinski definition) is 5. The molecule has 0 aromatic heterocycles. The van der Waals surface area contributed by atoms with E-state index in [0.717, 1.165) is 0 Å². The van der Waals surface area contributed by atoms with Crippen LogP contribution >= 0.6 is 0 Å². The summed E-state index contributed by atoms with van der Waals surface area (Å²) in [5, 5.41) is 5.34. The Hall–Kier alpha value is -2.09. The van der Waals surface area contributed by atoms with Crippen LogP contribution in [0.15, 0.2) is 24.3 Å². The molecule has 1 heterocycles. The van der Waals surface area contributed by atoms with Crippen LogP contribution in [0.4, 0.5) is 5.69 Å². The third-order valence-corrected chi connectivity index (χ3v) is 5.82. The summed E-state index contributed by atoms with van der Waals surface area (Å²) in [6, 6.07) is 6.32. The van der Waals surface area contributed by atoms with E-state index < -0.39 is 33.1 Å². The Balaban J connectivity index is 1.99. The fraction of sp³-hybridized carbons (Fsp3) is 0.500. The molecule has 8 heteroatoms. The summed E-state index contributed by atoms with van der Waals surface area (Å²) in [5.74, 6) is -0.306. The summed E-state index contributed by atoms with van der Waals surface area (Å²) in [4.78, 5) is 24.8. The van der Waals surface area contributed by atoms with Crippen LogP contribution in [0.5, 0.6) is 5.75 Å². The van der Waals surface area contributed by atoms with Crippen LogP contribution in [0.3, 0.4) is 0 Å². The molecule has 2 rings (SSSR count). The second-order valence-corrected chi connectivity index (χ2v) is 8.61. The van der Waals surface area contributed by atoms with Crippen molar-refractivity contribution in [1.82, 2.24) is 5.32 Å². The molecule has 2 N–H and O–H groups in total. The second-order valence-electron chi connectivity index (χ2n) is 6.38. The number of ether oxygens (including phenoxy) is 1. The molecular formula is C16H22N2O5S. The summed E-state index contributed by atoms with van der Waals surface area (Å²) in [6.45, 7) is 3.01. The van der Waals surface area contributed by atoms with Crippen molar-refractivity contribution >= 4 is 27.3 Å². The Morgan fingerprint density at radius 2 is 1.79 bits per heavy atom. The van der Waals surface area contributed by atoms with E-state index in [4.69, 9.17) is 4.74 Å². The van der Waals surface area contributed by atoms with Gasteiger partial charge in [0.05, 0.1) is 18.6 Å². The fourth-order valence-corrected chi connectivity index (χ4v) is 4.01. The van der Waals surface area contributed by atoms with E-state index in [2.05, 4.69) is 10.6 Å². The van der Waals surface area contributed by atoms with Gasteiger partial charge in [0.1, 0.15) is 11.2 Å². The quantitative estimate of drug-likeness (QED) is 0.767. The zero-order valence-electron chi connectivity index (χ0n) is 14.0. The number of methoxy groups -OCH3 is 1. The molecule has 1 unspecified atom stereocenters. The van der Waals surface area contributed by atoms with Gasteiger partial charge in [0.2, 0.25) is 11.8 Å². The predicted molar refractivity (Wildman–Crippen MR) is 90.6 cm³/mol. The van der Waals surface area contributed by atoms with Gasteiger partial charge < -0.3 is 15.4 Å². The monoisotopic (exact) mass is 354 g/mol. The number of nitrogens with one attached hydrogen (secondary N) is 2. The van der Waals surface area contributed by atoms with Crippen molar-refractivity contribution in [2.45, 2.75) is 26.3 Å². The lowest BCUT2D eigenvalue weighted by atomic mass is 9.90. The lowest BCUT2D eigenvalue weighted by molar-refractivity contribution is -0.138. The van der Waals surface area contributed by atoms with Crippen molar-refractivity contribution in [2.24, 2.45) is 5.41 Å². The fourth-order valence-electron chi connectivity index (χ4n) is 2.34. The van der Waals surface area contributed by atoms with Gasteiger partial charge >= 0.3 is 0 Å². The van der Waals surface area contributed by atoms with Gasteiger partial charge in [-0.25, -0.2) is 8.42 Å². The van der Waals surface area contributed by atoms with E-state index in [0.29, 0.717) is 17.9 Å². The summed E-state index contributed by atoms with van der Waals surface area (Å²) in [6.07, 6.45) is 0.379. The van der Waals surface area contributed by atoms with Crippen LogP contribution in [-0.2, 0) is 19.4 Å². The standard InChI is InChI=1S/C16H22N2O5S/c1-16(2,15(20)18-12-8-9-24(21,22)10-12)14(19)17-11-4-6-13(23-3)7-5-11/h4-7,12H,8-10H2,1-3H3,(H,17,19)(H,18,20). The highest BCUT2D eigenvalue weighted by atomic mass is 32.2. The Bertz CT molecular complexity index is 725. The molecule has 1 aromatic rings. The van der Waals surface area contributed by atoms with Crippen LogP contribution in [0.25, 0.3) is 0 Å². The van der Waals surface area contributed by atoms with E-state index in [1.807, 2.05) is 0 Å². The van der Waals surface area contributed by atoms with Gasteiger partial charge in [-0.15, -0.1) is 0 Å². The number of sulfone groups is 1. The largest absolute Gasteiger partial charge is 0.497 e. The first-order valence-electron chi connectivity index (χ1n) is 7.61. The number of hydrogen-bond donors (Lipinski definition) is 2. The smallest absolute Gasteiger partial charge is 0.239 e. The molecule has 1 saturated heterocycles. The van der Waals surface area contributed by atoms with Gasteiger partial charge in [-0.05, 0) is 44.5 Å². The van der Waals surface area contributed by atoms with Crippen molar-refractivity contribution in [3.05, 3.63) is 24.3 Å². The average Bonchev–Trinajstić information content (AvgIpc) is 2.86. The van der Waals surface area contributed by atoms with Gasteiger partial charge in [0, 0.05) is 11.7 Å². The maximum Gasteiger partial charge on any atom is 0.239 e.